The number of rotatable bonds is 5. The van der Waals surface area contributed by atoms with Gasteiger partial charge in [0.1, 0.15) is 6.04 Å². The lowest BCUT2D eigenvalue weighted by atomic mass is 9.49. The lowest BCUT2D eigenvalue weighted by Gasteiger charge is -2.57. The molecule has 3 heteroatoms. The van der Waals surface area contributed by atoms with E-state index in [1.165, 1.54) is 49.7 Å². The van der Waals surface area contributed by atoms with Crippen LogP contribution in [0.4, 0.5) is 0 Å². The Labute approximate surface area is 192 Å². The predicted molar refractivity (Wildman–Crippen MR) is 127 cm³/mol. The smallest absolute Gasteiger partial charge is 0.223 e. The summed E-state index contributed by atoms with van der Waals surface area (Å²) in [6, 6.07) is 22.2. The molecule has 0 aromatic heterocycles. The Hall–Kier alpha value is -2.13. The third-order valence-electron chi connectivity index (χ3n) is 9.12. The van der Waals surface area contributed by atoms with E-state index in [0.717, 1.165) is 50.4 Å². The van der Waals surface area contributed by atoms with E-state index in [2.05, 4.69) is 65.6 Å². The first-order valence-corrected chi connectivity index (χ1v) is 12.9. The van der Waals surface area contributed by atoms with Crippen LogP contribution in [-0.2, 0) is 4.79 Å². The van der Waals surface area contributed by atoms with Crippen molar-refractivity contribution in [3.8, 4) is 0 Å². The van der Waals surface area contributed by atoms with Gasteiger partial charge >= 0.3 is 0 Å². The monoisotopic (exact) mass is 429 g/mol. The summed E-state index contributed by atoms with van der Waals surface area (Å²) in [4.78, 5) is 17.2. The van der Waals surface area contributed by atoms with Crippen LogP contribution in [0.25, 0.3) is 0 Å². The number of hydrogen-bond donors (Lipinski definition) is 1. The number of piperazine rings is 1. The lowest BCUT2D eigenvalue weighted by molar-refractivity contribution is -0.929. The first-order chi connectivity index (χ1) is 15.7. The van der Waals surface area contributed by atoms with Gasteiger partial charge in [0.25, 0.3) is 0 Å². The summed E-state index contributed by atoms with van der Waals surface area (Å²) in [6.07, 6.45) is 9.19. The summed E-state index contributed by atoms with van der Waals surface area (Å²) in [5.74, 6) is 3.22. The molecular formula is C29H37N2O+. The van der Waals surface area contributed by atoms with E-state index >= 15 is 0 Å². The third-order valence-corrected chi connectivity index (χ3v) is 9.12. The molecule has 4 bridgehead atoms. The summed E-state index contributed by atoms with van der Waals surface area (Å²) in [6.45, 7) is 3.86. The van der Waals surface area contributed by atoms with Crippen LogP contribution in [-0.4, -0.2) is 37.0 Å². The Bertz CT molecular complexity index is 857. The van der Waals surface area contributed by atoms with Crippen LogP contribution >= 0.6 is 0 Å². The zero-order valence-electron chi connectivity index (χ0n) is 19.2. The van der Waals surface area contributed by atoms with E-state index in [9.17, 15) is 4.79 Å². The minimum Gasteiger partial charge on any atom is -0.331 e. The molecule has 1 aliphatic heterocycles. The van der Waals surface area contributed by atoms with Crippen LogP contribution in [0, 0.1) is 23.2 Å². The Morgan fingerprint density at radius 1 is 0.812 bits per heavy atom. The van der Waals surface area contributed by atoms with Crippen LogP contribution in [0.5, 0.6) is 0 Å². The Morgan fingerprint density at radius 2 is 1.28 bits per heavy atom. The van der Waals surface area contributed by atoms with Crippen molar-refractivity contribution >= 4 is 5.91 Å². The molecule has 168 valence electrons. The van der Waals surface area contributed by atoms with Crippen molar-refractivity contribution in [1.29, 1.82) is 0 Å². The minimum atomic E-state index is 0.345. The second kappa shape index (κ2) is 8.33. The van der Waals surface area contributed by atoms with Crippen LogP contribution in [0.15, 0.2) is 60.7 Å². The molecule has 5 aliphatic rings. The molecule has 7 rings (SSSR count). The quantitative estimate of drug-likeness (QED) is 0.760. The number of nitrogens with zero attached hydrogens (tertiary/aromatic N) is 1. The van der Waals surface area contributed by atoms with Gasteiger partial charge in [-0.2, -0.15) is 0 Å². The number of benzene rings is 2. The number of carbonyl (C=O) groups is 1. The van der Waals surface area contributed by atoms with Crippen molar-refractivity contribution in [2.45, 2.75) is 51.0 Å². The fraction of sp³-hybridized carbons (Fsp3) is 0.552. The van der Waals surface area contributed by atoms with Gasteiger partial charge in [-0.3, -0.25) is 4.79 Å². The van der Waals surface area contributed by atoms with Crippen molar-refractivity contribution in [2.24, 2.45) is 23.2 Å². The molecule has 4 saturated carbocycles. The summed E-state index contributed by atoms with van der Waals surface area (Å²) >= 11 is 0. The zero-order chi connectivity index (χ0) is 21.5. The summed E-state index contributed by atoms with van der Waals surface area (Å²) in [5, 5.41) is 0. The fourth-order valence-electron chi connectivity index (χ4n) is 8.23. The number of hydrogen-bond acceptors (Lipinski definition) is 1. The molecule has 1 N–H and O–H groups in total. The maximum Gasteiger partial charge on any atom is 0.223 e. The lowest BCUT2D eigenvalue weighted by Crippen LogP contribution is -3.15. The number of quaternary nitrogens is 1. The average Bonchev–Trinajstić information content (AvgIpc) is 2.80. The van der Waals surface area contributed by atoms with Gasteiger partial charge in [0, 0.05) is 17.5 Å². The van der Waals surface area contributed by atoms with Crippen molar-refractivity contribution in [1.82, 2.24) is 4.90 Å². The first-order valence-electron chi connectivity index (χ1n) is 12.9. The number of nitrogens with one attached hydrogen (secondary N) is 1. The first kappa shape index (κ1) is 20.5. The van der Waals surface area contributed by atoms with Gasteiger partial charge in [0.2, 0.25) is 5.91 Å². The van der Waals surface area contributed by atoms with E-state index in [1.807, 2.05) is 0 Å². The Balaban J connectivity index is 1.13. The van der Waals surface area contributed by atoms with Gasteiger partial charge in [-0.1, -0.05) is 60.7 Å². The highest BCUT2D eigenvalue weighted by Gasteiger charge is 2.52. The molecule has 0 radical (unpaired) electrons. The standard InChI is InChI=1S/C29H36N2O/c32-27(21-29-18-22-15-23(19-29)17-24(16-22)20-29)30-11-13-31(14-12-30)28(25-7-3-1-4-8-25)26-9-5-2-6-10-26/h1-10,22-24,28H,11-21H2/p+1. The molecule has 1 amide bonds. The highest BCUT2D eigenvalue weighted by molar-refractivity contribution is 5.77. The molecule has 3 nitrogen and oxygen atoms in total. The van der Waals surface area contributed by atoms with Crippen LogP contribution in [0.3, 0.4) is 0 Å². The SMILES string of the molecule is O=C(CC12CC3CC(CC(C3)C1)C2)N1CC[NH+](C(c2ccccc2)c2ccccc2)CC1. The highest BCUT2D eigenvalue weighted by Crippen LogP contribution is 2.61. The van der Waals surface area contributed by atoms with E-state index in [1.54, 1.807) is 4.90 Å². The molecular weight excluding hydrogens is 392 g/mol. The minimum absolute atomic E-state index is 0.345. The molecule has 0 spiro atoms. The Morgan fingerprint density at radius 3 is 1.75 bits per heavy atom. The molecule has 0 atom stereocenters. The maximum atomic E-state index is 13.4. The molecule has 1 saturated heterocycles. The maximum absolute atomic E-state index is 13.4. The largest absolute Gasteiger partial charge is 0.331 e. The average molecular weight is 430 g/mol. The van der Waals surface area contributed by atoms with Gasteiger partial charge in [0.05, 0.1) is 26.2 Å². The van der Waals surface area contributed by atoms with Crippen molar-refractivity contribution in [2.75, 3.05) is 26.2 Å². The van der Waals surface area contributed by atoms with E-state index in [4.69, 9.17) is 0 Å². The van der Waals surface area contributed by atoms with Crippen molar-refractivity contribution in [3.05, 3.63) is 71.8 Å². The van der Waals surface area contributed by atoms with Crippen LogP contribution in [0.2, 0.25) is 0 Å². The van der Waals surface area contributed by atoms with Gasteiger partial charge < -0.3 is 9.80 Å². The Kier molecular flexibility index (Phi) is 5.33. The summed E-state index contributed by atoms with van der Waals surface area (Å²) < 4.78 is 0. The molecule has 1 heterocycles. The predicted octanol–water partition coefficient (Wildman–Crippen LogP) is 4.11. The number of amides is 1. The second-order valence-corrected chi connectivity index (χ2v) is 11.4. The molecule has 2 aromatic carbocycles. The van der Waals surface area contributed by atoms with Crippen molar-refractivity contribution < 1.29 is 9.69 Å². The number of carbonyl (C=O) groups excluding carboxylic acids is 1. The molecule has 4 aliphatic carbocycles. The van der Waals surface area contributed by atoms with Crippen molar-refractivity contribution in [3.63, 3.8) is 0 Å². The molecule has 32 heavy (non-hydrogen) atoms. The van der Waals surface area contributed by atoms with Gasteiger partial charge in [-0.25, -0.2) is 0 Å². The third kappa shape index (κ3) is 3.90. The highest BCUT2D eigenvalue weighted by atomic mass is 16.2. The summed E-state index contributed by atoms with van der Waals surface area (Å²) in [7, 11) is 0. The normalized spacial score (nSPS) is 31.9. The van der Waals surface area contributed by atoms with E-state index in [0.29, 0.717) is 17.4 Å². The molecule has 2 aromatic rings. The zero-order valence-corrected chi connectivity index (χ0v) is 19.2. The molecule has 0 unspecified atom stereocenters. The summed E-state index contributed by atoms with van der Waals surface area (Å²) in [5.41, 5.74) is 3.11. The van der Waals surface area contributed by atoms with Gasteiger partial charge in [-0.05, 0) is 61.7 Å². The van der Waals surface area contributed by atoms with Gasteiger partial charge in [0.15, 0.2) is 0 Å². The molecule has 5 fully saturated rings. The second-order valence-electron chi connectivity index (χ2n) is 11.4. The van der Waals surface area contributed by atoms with Crippen LogP contribution < -0.4 is 4.90 Å². The fourth-order valence-corrected chi connectivity index (χ4v) is 8.23. The van der Waals surface area contributed by atoms with E-state index < -0.39 is 0 Å². The topological polar surface area (TPSA) is 24.8 Å². The van der Waals surface area contributed by atoms with Crippen LogP contribution in [0.1, 0.15) is 62.1 Å². The van der Waals surface area contributed by atoms with Gasteiger partial charge in [-0.15, -0.1) is 0 Å². The van der Waals surface area contributed by atoms with E-state index in [-0.39, 0.29) is 0 Å².